The second kappa shape index (κ2) is 5.61. The Morgan fingerprint density at radius 2 is 1.73 bits per heavy atom. The molecule has 1 aromatic carbocycles. The summed E-state index contributed by atoms with van der Waals surface area (Å²) < 4.78 is 10.4. The fourth-order valence-corrected chi connectivity index (χ4v) is 1.39. The van der Waals surface area contributed by atoms with Gasteiger partial charge >= 0.3 is 0 Å². The van der Waals surface area contributed by atoms with E-state index in [9.17, 15) is 0 Å². The van der Waals surface area contributed by atoms with E-state index in [2.05, 4.69) is 25.1 Å². The standard InChI is InChI=1S/C12H19NO2/c1-13(2)8-7-10-5-6-11(14-3)12(9-10)15-4/h5-6,9H,7-8H2,1-4H3. The average molecular weight is 209 g/mol. The van der Waals surface area contributed by atoms with Crippen LogP contribution in [0.25, 0.3) is 0 Å². The van der Waals surface area contributed by atoms with E-state index in [0.29, 0.717) is 0 Å². The molecule has 84 valence electrons. The Kier molecular flexibility index (Phi) is 4.43. The predicted octanol–water partition coefficient (Wildman–Crippen LogP) is 1.81. The topological polar surface area (TPSA) is 21.7 Å². The highest BCUT2D eigenvalue weighted by Crippen LogP contribution is 2.27. The van der Waals surface area contributed by atoms with Gasteiger partial charge in [-0.05, 0) is 38.2 Å². The molecule has 0 amide bonds. The highest BCUT2D eigenvalue weighted by atomic mass is 16.5. The van der Waals surface area contributed by atoms with Gasteiger partial charge in [-0.3, -0.25) is 0 Å². The van der Waals surface area contributed by atoms with Crippen molar-refractivity contribution in [3.63, 3.8) is 0 Å². The summed E-state index contributed by atoms with van der Waals surface area (Å²) in [7, 11) is 7.45. The maximum Gasteiger partial charge on any atom is 0.160 e. The third-order valence-corrected chi connectivity index (χ3v) is 2.30. The van der Waals surface area contributed by atoms with Crippen LogP contribution in [0.15, 0.2) is 18.2 Å². The van der Waals surface area contributed by atoms with E-state index in [1.54, 1.807) is 14.2 Å². The van der Waals surface area contributed by atoms with Gasteiger partial charge in [0.1, 0.15) is 0 Å². The van der Waals surface area contributed by atoms with Crippen LogP contribution in [0.4, 0.5) is 0 Å². The van der Waals surface area contributed by atoms with Gasteiger partial charge in [0, 0.05) is 6.54 Å². The monoisotopic (exact) mass is 209 g/mol. The van der Waals surface area contributed by atoms with Gasteiger partial charge < -0.3 is 14.4 Å². The molecule has 1 aromatic rings. The Hall–Kier alpha value is -1.22. The van der Waals surface area contributed by atoms with Crippen molar-refractivity contribution in [1.82, 2.24) is 4.90 Å². The minimum Gasteiger partial charge on any atom is -0.493 e. The zero-order valence-corrected chi connectivity index (χ0v) is 9.91. The van der Waals surface area contributed by atoms with E-state index in [0.717, 1.165) is 24.5 Å². The number of benzene rings is 1. The lowest BCUT2D eigenvalue weighted by Crippen LogP contribution is -2.15. The van der Waals surface area contributed by atoms with Gasteiger partial charge in [-0.25, -0.2) is 0 Å². The van der Waals surface area contributed by atoms with Gasteiger partial charge in [-0.15, -0.1) is 0 Å². The Labute approximate surface area is 91.6 Å². The lowest BCUT2D eigenvalue weighted by atomic mass is 10.1. The quantitative estimate of drug-likeness (QED) is 0.738. The van der Waals surface area contributed by atoms with E-state index in [4.69, 9.17) is 9.47 Å². The zero-order valence-electron chi connectivity index (χ0n) is 9.91. The van der Waals surface area contributed by atoms with Crippen LogP contribution in [0, 0.1) is 0 Å². The molecular formula is C12H19NO2. The third-order valence-electron chi connectivity index (χ3n) is 2.30. The largest absolute Gasteiger partial charge is 0.493 e. The normalized spacial score (nSPS) is 10.5. The lowest BCUT2D eigenvalue weighted by Gasteiger charge is -2.12. The van der Waals surface area contributed by atoms with E-state index in [1.165, 1.54) is 5.56 Å². The molecule has 0 atom stereocenters. The molecule has 0 saturated carbocycles. The summed E-state index contributed by atoms with van der Waals surface area (Å²) in [5, 5.41) is 0. The van der Waals surface area contributed by atoms with Crippen molar-refractivity contribution in [3.8, 4) is 11.5 Å². The van der Waals surface area contributed by atoms with Crippen LogP contribution >= 0.6 is 0 Å². The molecule has 0 N–H and O–H groups in total. The van der Waals surface area contributed by atoms with E-state index in [-0.39, 0.29) is 0 Å². The number of rotatable bonds is 5. The van der Waals surface area contributed by atoms with Crippen molar-refractivity contribution in [3.05, 3.63) is 23.8 Å². The molecular weight excluding hydrogens is 190 g/mol. The second-order valence-electron chi connectivity index (χ2n) is 3.74. The van der Waals surface area contributed by atoms with Crippen molar-refractivity contribution in [2.24, 2.45) is 0 Å². The maximum atomic E-state index is 5.25. The van der Waals surface area contributed by atoms with Gasteiger partial charge in [-0.1, -0.05) is 6.07 Å². The first kappa shape index (κ1) is 11.9. The summed E-state index contributed by atoms with van der Waals surface area (Å²) in [6, 6.07) is 6.05. The fourth-order valence-electron chi connectivity index (χ4n) is 1.39. The Bertz CT molecular complexity index is 310. The molecule has 3 nitrogen and oxygen atoms in total. The minimum atomic E-state index is 0.783. The zero-order chi connectivity index (χ0) is 11.3. The highest BCUT2D eigenvalue weighted by Gasteiger charge is 2.04. The summed E-state index contributed by atoms with van der Waals surface area (Å²) in [4.78, 5) is 2.16. The molecule has 0 aliphatic heterocycles. The minimum absolute atomic E-state index is 0.783. The number of nitrogens with zero attached hydrogens (tertiary/aromatic N) is 1. The van der Waals surface area contributed by atoms with E-state index in [1.807, 2.05) is 12.1 Å². The summed E-state index contributed by atoms with van der Waals surface area (Å²) in [5.41, 5.74) is 1.27. The number of hydrogen-bond acceptors (Lipinski definition) is 3. The maximum absolute atomic E-state index is 5.25. The second-order valence-corrected chi connectivity index (χ2v) is 3.74. The first-order chi connectivity index (χ1) is 7.17. The molecule has 0 aromatic heterocycles. The van der Waals surface area contributed by atoms with Crippen molar-refractivity contribution >= 4 is 0 Å². The lowest BCUT2D eigenvalue weighted by molar-refractivity contribution is 0.354. The summed E-state index contributed by atoms with van der Waals surface area (Å²) in [5.74, 6) is 1.58. The van der Waals surface area contributed by atoms with Crippen LogP contribution in [0.1, 0.15) is 5.56 Å². The van der Waals surface area contributed by atoms with E-state index < -0.39 is 0 Å². The molecule has 0 bridgehead atoms. The van der Waals surface area contributed by atoms with Crippen LogP contribution in [-0.4, -0.2) is 39.8 Å². The SMILES string of the molecule is COc1ccc(CCN(C)C)cc1OC. The summed E-state index contributed by atoms with van der Waals surface area (Å²) in [6.45, 7) is 1.04. The van der Waals surface area contributed by atoms with Crippen LogP contribution in [-0.2, 0) is 6.42 Å². The number of hydrogen-bond donors (Lipinski definition) is 0. The van der Waals surface area contributed by atoms with Crippen molar-refractivity contribution in [2.45, 2.75) is 6.42 Å². The molecule has 0 aliphatic carbocycles. The average Bonchev–Trinajstić information content (AvgIpc) is 2.25. The molecule has 0 saturated heterocycles. The van der Waals surface area contributed by atoms with Crippen LogP contribution < -0.4 is 9.47 Å². The molecule has 1 rings (SSSR count). The Balaban J connectivity index is 2.74. The van der Waals surface area contributed by atoms with Crippen LogP contribution in [0.5, 0.6) is 11.5 Å². The van der Waals surface area contributed by atoms with Gasteiger partial charge in [0.15, 0.2) is 11.5 Å². The van der Waals surface area contributed by atoms with Gasteiger partial charge in [0.2, 0.25) is 0 Å². The van der Waals surface area contributed by atoms with Gasteiger partial charge in [0.05, 0.1) is 14.2 Å². The Morgan fingerprint density at radius 3 is 2.27 bits per heavy atom. The summed E-state index contributed by atoms with van der Waals surface area (Å²) in [6.07, 6.45) is 1.02. The van der Waals surface area contributed by atoms with Crippen LogP contribution in [0.3, 0.4) is 0 Å². The molecule has 0 fully saturated rings. The molecule has 15 heavy (non-hydrogen) atoms. The van der Waals surface area contributed by atoms with Crippen molar-refractivity contribution in [2.75, 3.05) is 34.9 Å². The smallest absolute Gasteiger partial charge is 0.160 e. The molecule has 0 aliphatic rings. The first-order valence-electron chi connectivity index (χ1n) is 5.03. The van der Waals surface area contributed by atoms with Gasteiger partial charge in [-0.2, -0.15) is 0 Å². The molecule has 0 spiro atoms. The fraction of sp³-hybridized carbons (Fsp3) is 0.500. The van der Waals surface area contributed by atoms with Crippen molar-refractivity contribution in [1.29, 1.82) is 0 Å². The molecule has 3 heteroatoms. The number of ether oxygens (including phenoxy) is 2. The Morgan fingerprint density at radius 1 is 1.07 bits per heavy atom. The van der Waals surface area contributed by atoms with E-state index >= 15 is 0 Å². The first-order valence-corrected chi connectivity index (χ1v) is 5.03. The summed E-state index contributed by atoms with van der Waals surface area (Å²) >= 11 is 0. The van der Waals surface area contributed by atoms with Crippen molar-refractivity contribution < 1.29 is 9.47 Å². The number of methoxy groups -OCH3 is 2. The molecule has 0 radical (unpaired) electrons. The number of likely N-dealkylation sites (N-methyl/N-ethyl adjacent to an activating group) is 1. The van der Waals surface area contributed by atoms with Gasteiger partial charge in [0.25, 0.3) is 0 Å². The third kappa shape index (κ3) is 3.44. The highest BCUT2D eigenvalue weighted by molar-refractivity contribution is 5.42. The predicted molar refractivity (Wildman–Crippen MR) is 61.8 cm³/mol. The molecule has 0 unspecified atom stereocenters. The van der Waals surface area contributed by atoms with Crippen LogP contribution in [0.2, 0.25) is 0 Å². The molecule has 0 heterocycles.